The lowest BCUT2D eigenvalue weighted by Crippen LogP contribution is -2.49. The first-order valence-corrected chi connectivity index (χ1v) is 8.96. The van der Waals surface area contributed by atoms with Crippen molar-refractivity contribution in [1.82, 2.24) is 19.9 Å². The minimum absolute atomic E-state index is 0.284. The maximum Gasteiger partial charge on any atom is 0.268 e. The van der Waals surface area contributed by atoms with Crippen LogP contribution in [0.15, 0.2) is 22.0 Å². The largest absolute Gasteiger partial charge is 0.340 e. The molecule has 2 fully saturated rings. The first kappa shape index (κ1) is 14.8. The third-order valence-corrected chi connectivity index (χ3v) is 5.53. The molecule has 0 aromatic carbocycles. The van der Waals surface area contributed by atoms with E-state index in [4.69, 9.17) is 4.52 Å². The van der Waals surface area contributed by atoms with E-state index in [9.17, 15) is 4.79 Å². The Morgan fingerprint density at radius 3 is 2.83 bits per heavy atom. The van der Waals surface area contributed by atoms with Crippen molar-refractivity contribution in [2.45, 2.75) is 19.9 Å². The Hall–Kier alpha value is -1.73. The summed E-state index contributed by atoms with van der Waals surface area (Å²) in [7, 11) is 0. The van der Waals surface area contributed by atoms with Crippen LogP contribution in [0.25, 0.3) is 10.8 Å². The number of thiophene rings is 1. The second kappa shape index (κ2) is 6.05. The van der Waals surface area contributed by atoms with E-state index in [1.54, 1.807) is 11.3 Å². The van der Waals surface area contributed by atoms with Crippen LogP contribution in [0, 0.1) is 11.8 Å². The van der Waals surface area contributed by atoms with Crippen molar-refractivity contribution in [2.75, 3.05) is 26.2 Å². The molecule has 1 aliphatic heterocycles. The number of amides is 1. The summed E-state index contributed by atoms with van der Waals surface area (Å²) in [6.45, 7) is 6.18. The molecule has 1 saturated heterocycles. The number of hydrogen-bond acceptors (Lipinski definition) is 6. The zero-order chi connectivity index (χ0) is 15.8. The van der Waals surface area contributed by atoms with Crippen molar-refractivity contribution < 1.29 is 9.32 Å². The van der Waals surface area contributed by atoms with E-state index in [2.05, 4.69) is 22.0 Å². The molecule has 2 aromatic heterocycles. The molecule has 0 bridgehead atoms. The summed E-state index contributed by atoms with van der Waals surface area (Å²) in [6, 6.07) is 3.95. The predicted molar refractivity (Wildman–Crippen MR) is 86.7 cm³/mol. The van der Waals surface area contributed by atoms with E-state index in [-0.39, 0.29) is 5.92 Å². The molecule has 0 unspecified atom stereocenters. The minimum Gasteiger partial charge on any atom is -0.340 e. The number of nitrogens with zero attached hydrogens (tertiary/aromatic N) is 4. The highest BCUT2D eigenvalue weighted by molar-refractivity contribution is 7.13. The molecule has 3 heterocycles. The van der Waals surface area contributed by atoms with E-state index < -0.39 is 0 Å². The Balaban J connectivity index is 1.30. The fourth-order valence-electron chi connectivity index (χ4n) is 3.05. The summed E-state index contributed by atoms with van der Waals surface area (Å²) in [5.41, 5.74) is 0. The summed E-state index contributed by atoms with van der Waals surface area (Å²) in [5, 5.41) is 6.06. The highest BCUT2D eigenvalue weighted by atomic mass is 32.1. The smallest absolute Gasteiger partial charge is 0.268 e. The van der Waals surface area contributed by atoms with E-state index in [1.807, 2.05) is 22.4 Å². The fraction of sp³-hybridized carbons (Fsp3) is 0.562. The van der Waals surface area contributed by atoms with Crippen molar-refractivity contribution in [3.05, 3.63) is 23.3 Å². The first-order chi connectivity index (χ1) is 11.2. The first-order valence-electron chi connectivity index (χ1n) is 8.08. The molecule has 4 rings (SSSR count). The topological polar surface area (TPSA) is 62.5 Å². The number of carbonyl (C=O) groups is 1. The fourth-order valence-corrected chi connectivity index (χ4v) is 3.69. The summed E-state index contributed by atoms with van der Waals surface area (Å²) in [4.78, 5) is 22.0. The van der Waals surface area contributed by atoms with Crippen molar-refractivity contribution in [1.29, 1.82) is 0 Å². The maximum absolute atomic E-state index is 12.2. The Morgan fingerprint density at radius 2 is 2.17 bits per heavy atom. The molecule has 2 aromatic rings. The number of piperazine rings is 1. The van der Waals surface area contributed by atoms with Crippen molar-refractivity contribution >= 4 is 17.2 Å². The van der Waals surface area contributed by atoms with Crippen LogP contribution >= 0.6 is 11.3 Å². The van der Waals surface area contributed by atoms with Gasteiger partial charge in [-0.15, -0.1) is 11.3 Å². The lowest BCUT2D eigenvalue weighted by atomic mass is 10.2. The van der Waals surface area contributed by atoms with Gasteiger partial charge in [-0.1, -0.05) is 18.1 Å². The van der Waals surface area contributed by atoms with E-state index in [1.165, 1.54) is 0 Å². The zero-order valence-electron chi connectivity index (χ0n) is 13.1. The third kappa shape index (κ3) is 3.16. The van der Waals surface area contributed by atoms with Gasteiger partial charge in [0.1, 0.15) is 0 Å². The monoisotopic (exact) mass is 332 g/mol. The van der Waals surface area contributed by atoms with Gasteiger partial charge in [-0.25, -0.2) is 0 Å². The lowest BCUT2D eigenvalue weighted by molar-refractivity contribution is -0.134. The number of carbonyl (C=O) groups excluding carboxylic acids is 1. The Morgan fingerprint density at radius 1 is 1.39 bits per heavy atom. The molecule has 23 heavy (non-hydrogen) atoms. The van der Waals surface area contributed by atoms with Crippen LogP contribution in [0.2, 0.25) is 0 Å². The summed E-state index contributed by atoms with van der Waals surface area (Å²) >= 11 is 1.59. The molecular weight excluding hydrogens is 312 g/mol. The summed E-state index contributed by atoms with van der Waals surface area (Å²) in [5.74, 6) is 2.51. The standard InChI is InChI=1S/C16H20N4O2S/c1-11-9-12(11)16(21)20-6-4-19(5-7-20)10-14-17-15(22-18-14)13-3-2-8-23-13/h2-3,8,11-12H,4-7,9-10H2,1H3/t11-,12-/m1/s1. The van der Waals surface area contributed by atoms with Gasteiger partial charge >= 0.3 is 0 Å². The van der Waals surface area contributed by atoms with Crippen LogP contribution in [0.1, 0.15) is 19.2 Å². The van der Waals surface area contributed by atoms with Gasteiger partial charge in [0.25, 0.3) is 5.89 Å². The van der Waals surface area contributed by atoms with Gasteiger partial charge in [0.2, 0.25) is 5.91 Å². The molecule has 2 aliphatic rings. The molecule has 0 radical (unpaired) electrons. The molecular formula is C16H20N4O2S. The van der Waals surface area contributed by atoms with Gasteiger partial charge in [-0.2, -0.15) is 4.98 Å². The van der Waals surface area contributed by atoms with Gasteiger partial charge in [0.15, 0.2) is 5.82 Å². The number of rotatable bonds is 4. The summed E-state index contributed by atoms with van der Waals surface area (Å²) in [6.07, 6.45) is 1.06. The van der Waals surface area contributed by atoms with Gasteiger partial charge in [-0.05, 0) is 23.8 Å². The van der Waals surface area contributed by atoms with Gasteiger partial charge < -0.3 is 9.42 Å². The van der Waals surface area contributed by atoms with Crippen LogP contribution < -0.4 is 0 Å². The van der Waals surface area contributed by atoms with Gasteiger partial charge in [0.05, 0.1) is 11.4 Å². The maximum atomic E-state index is 12.2. The van der Waals surface area contributed by atoms with E-state index >= 15 is 0 Å². The van der Waals surface area contributed by atoms with Gasteiger partial charge in [-0.3, -0.25) is 9.69 Å². The van der Waals surface area contributed by atoms with Crippen molar-refractivity contribution in [3.63, 3.8) is 0 Å². The Bertz CT molecular complexity index is 676. The van der Waals surface area contributed by atoms with Crippen LogP contribution in [-0.2, 0) is 11.3 Å². The van der Waals surface area contributed by atoms with E-state index in [0.717, 1.165) is 37.5 Å². The highest BCUT2D eigenvalue weighted by Crippen LogP contribution is 2.39. The molecule has 7 heteroatoms. The molecule has 122 valence electrons. The average molecular weight is 332 g/mol. The normalized spacial score (nSPS) is 24.8. The third-order valence-electron chi connectivity index (χ3n) is 4.68. The number of hydrogen-bond donors (Lipinski definition) is 0. The number of aromatic nitrogens is 2. The molecule has 0 spiro atoms. The van der Waals surface area contributed by atoms with Crippen LogP contribution in [0.3, 0.4) is 0 Å². The molecule has 2 atom stereocenters. The quantitative estimate of drug-likeness (QED) is 0.858. The van der Waals surface area contributed by atoms with Crippen LogP contribution in [0.4, 0.5) is 0 Å². The predicted octanol–water partition coefficient (Wildman–Crippen LogP) is 2.10. The molecule has 1 amide bonds. The van der Waals surface area contributed by atoms with Crippen molar-refractivity contribution in [2.24, 2.45) is 11.8 Å². The Kier molecular flexibility index (Phi) is 3.90. The van der Waals surface area contributed by atoms with Crippen LogP contribution in [0.5, 0.6) is 0 Å². The SMILES string of the molecule is C[C@@H]1C[C@H]1C(=O)N1CCN(Cc2noc(-c3cccs3)n2)CC1. The highest BCUT2D eigenvalue weighted by Gasteiger charge is 2.41. The molecule has 6 nitrogen and oxygen atoms in total. The zero-order valence-corrected chi connectivity index (χ0v) is 14.0. The Labute approximate surface area is 139 Å². The van der Waals surface area contributed by atoms with Crippen LogP contribution in [-0.4, -0.2) is 52.0 Å². The average Bonchev–Trinajstić information content (AvgIpc) is 3.00. The second-order valence-electron chi connectivity index (χ2n) is 6.41. The second-order valence-corrected chi connectivity index (χ2v) is 7.36. The van der Waals surface area contributed by atoms with E-state index in [0.29, 0.717) is 30.1 Å². The molecule has 1 aliphatic carbocycles. The molecule has 0 N–H and O–H groups in total. The van der Waals surface area contributed by atoms with Gasteiger partial charge in [0, 0.05) is 32.1 Å². The minimum atomic E-state index is 0.284. The lowest BCUT2D eigenvalue weighted by Gasteiger charge is -2.34. The van der Waals surface area contributed by atoms with Crippen molar-refractivity contribution in [3.8, 4) is 10.8 Å². The summed E-state index contributed by atoms with van der Waals surface area (Å²) < 4.78 is 5.32. The molecule has 1 saturated carbocycles.